The Balaban J connectivity index is 3.16. The van der Waals surface area contributed by atoms with Gasteiger partial charge in [0.2, 0.25) is 11.0 Å². The second kappa shape index (κ2) is 4.88. The standard InChI is InChI=1S/C8H11ClN4O2/c1-3-4-12(2)8-6(13(14)15)7(9)10-5-11-8/h5H,3-4H2,1-2H3. The van der Waals surface area contributed by atoms with Gasteiger partial charge in [0.1, 0.15) is 6.33 Å². The lowest BCUT2D eigenvalue weighted by atomic mass is 10.4. The highest BCUT2D eigenvalue weighted by Crippen LogP contribution is 2.30. The summed E-state index contributed by atoms with van der Waals surface area (Å²) >= 11 is 5.65. The number of hydrogen-bond donors (Lipinski definition) is 0. The molecule has 0 aromatic carbocycles. The van der Waals surface area contributed by atoms with Crippen LogP contribution >= 0.6 is 11.6 Å². The van der Waals surface area contributed by atoms with Gasteiger partial charge in [0, 0.05) is 13.6 Å². The summed E-state index contributed by atoms with van der Waals surface area (Å²) < 4.78 is 0. The second-order valence-corrected chi connectivity index (χ2v) is 3.37. The highest BCUT2D eigenvalue weighted by atomic mass is 35.5. The first-order valence-corrected chi connectivity index (χ1v) is 4.81. The van der Waals surface area contributed by atoms with Gasteiger partial charge in [-0.15, -0.1) is 0 Å². The molecule has 1 heterocycles. The van der Waals surface area contributed by atoms with Crippen LogP contribution in [0.1, 0.15) is 13.3 Å². The number of nitrogens with zero attached hydrogens (tertiary/aromatic N) is 4. The molecule has 0 saturated heterocycles. The molecule has 0 saturated carbocycles. The molecule has 0 amide bonds. The van der Waals surface area contributed by atoms with Gasteiger partial charge in [-0.05, 0) is 6.42 Å². The maximum absolute atomic E-state index is 10.8. The van der Waals surface area contributed by atoms with Crippen LogP contribution in [0.5, 0.6) is 0 Å². The van der Waals surface area contributed by atoms with Crippen molar-refractivity contribution in [3.05, 3.63) is 21.6 Å². The zero-order valence-corrected chi connectivity index (χ0v) is 9.23. The number of rotatable bonds is 4. The van der Waals surface area contributed by atoms with Crippen molar-refractivity contribution in [2.75, 3.05) is 18.5 Å². The summed E-state index contributed by atoms with van der Waals surface area (Å²) in [4.78, 5) is 19.3. The molecule has 1 aromatic heterocycles. The zero-order valence-electron chi connectivity index (χ0n) is 8.47. The molecular formula is C8H11ClN4O2. The molecule has 1 rings (SSSR count). The van der Waals surface area contributed by atoms with E-state index in [9.17, 15) is 10.1 Å². The van der Waals surface area contributed by atoms with Crippen molar-refractivity contribution in [1.82, 2.24) is 9.97 Å². The number of nitro groups is 1. The van der Waals surface area contributed by atoms with Crippen LogP contribution in [0, 0.1) is 10.1 Å². The molecule has 82 valence electrons. The third-order valence-electron chi connectivity index (χ3n) is 1.86. The minimum atomic E-state index is -0.566. The van der Waals surface area contributed by atoms with Gasteiger partial charge in [-0.3, -0.25) is 10.1 Å². The summed E-state index contributed by atoms with van der Waals surface area (Å²) in [5.41, 5.74) is -0.241. The van der Waals surface area contributed by atoms with E-state index in [0.29, 0.717) is 6.54 Å². The molecule has 0 spiro atoms. The van der Waals surface area contributed by atoms with Crippen LogP contribution < -0.4 is 4.90 Å². The van der Waals surface area contributed by atoms with Crippen LogP contribution in [0.2, 0.25) is 5.15 Å². The number of halogens is 1. The molecule has 0 bridgehead atoms. The Hall–Kier alpha value is -1.43. The van der Waals surface area contributed by atoms with Crippen molar-refractivity contribution >= 4 is 23.1 Å². The van der Waals surface area contributed by atoms with E-state index in [-0.39, 0.29) is 16.7 Å². The van der Waals surface area contributed by atoms with Crippen LogP contribution in [-0.4, -0.2) is 28.5 Å². The molecule has 0 fully saturated rings. The summed E-state index contributed by atoms with van der Waals surface area (Å²) in [5.74, 6) is 0.252. The summed E-state index contributed by atoms with van der Waals surface area (Å²) in [6, 6.07) is 0. The van der Waals surface area contributed by atoms with Gasteiger partial charge in [0.25, 0.3) is 0 Å². The Morgan fingerprint density at radius 2 is 2.27 bits per heavy atom. The van der Waals surface area contributed by atoms with Crippen molar-refractivity contribution in [2.24, 2.45) is 0 Å². The van der Waals surface area contributed by atoms with Crippen molar-refractivity contribution in [3.63, 3.8) is 0 Å². The molecule has 0 aliphatic carbocycles. The van der Waals surface area contributed by atoms with Crippen LogP contribution in [0.15, 0.2) is 6.33 Å². The zero-order chi connectivity index (χ0) is 11.4. The van der Waals surface area contributed by atoms with Gasteiger partial charge in [-0.2, -0.15) is 0 Å². The van der Waals surface area contributed by atoms with Gasteiger partial charge in [0.05, 0.1) is 4.92 Å². The topological polar surface area (TPSA) is 72.2 Å². The lowest BCUT2D eigenvalue weighted by Gasteiger charge is -2.16. The Kier molecular flexibility index (Phi) is 3.79. The van der Waals surface area contributed by atoms with E-state index in [4.69, 9.17) is 11.6 Å². The van der Waals surface area contributed by atoms with Crippen LogP contribution in [0.3, 0.4) is 0 Å². The van der Waals surface area contributed by atoms with Crippen LogP contribution in [0.4, 0.5) is 11.5 Å². The van der Waals surface area contributed by atoms with E-state index in [0.717, 1.165) is 6.42 Å². The van der Waals surface area contributed by atoms with E-state index >= 15 is 0 Å². The smallest absolute Gasteiger partial charge is 0.348 e. The lowest BCUT2D eigenvalue weighted by Crippen LogP contribution is -2.20. The minimum absolute atomic E-state index is 0.132. The molecule has 6 nitrogen and oxygen atoms in total. The maximum Gasteiger partial charge on any atom is 0.348 e. The van der Waals surface area contributed by atoms with Gasteiger partial charge >= 0.3 is 5.69 Å². The Morgan fingerprint density at radius 1 is 1.60 bits per heavy atom. The lowest BCUT2D eigenvalue weighted by molar-refractivity contribution is -0.384. The fourth-order valence-electron chi connectivity index (χ4n) is 1.23. The maximum atomic E-state index is 10.8. The molecule has 0 aliphatic rings. The third kappa shape index (κ3) is 2.53. The molecule has 7 heteroatoms. The first kappa shape index (κ1) is 11.6. The summed E-state index contributed by atoms with van der Waals surface area (Å²) in [7, 11) is 1.73. The SMILES string of the molecule is CCCN(C)c1ncnc(Cl)c1[N+](=O)[O-]. The molecule has 0 N–H and O–H groups in total. The predicted octanol–water partition coefficient (Wildman–Crippen LogP) is 1.88. The largest absolute Gasteiger partial charge is 0.354 e. The number of anilines is 1. The molecule has 0 atom stereocenters. The van der Waals surface area contributed by atoms with Gasteiger partial charge in [-0.25, -0.2) is 9.97 Å². The van der Waals surface area contributed by atoms with Crippen LogP contribution in [-0.2, 0) is 0 Å². The monoisotopic (exact) mass is 230 g/mol. The molecule has 1 aromatic rings. The highest BCUT2D eigenvalue weighted by molar-refractivity contribution is 6.31. The van der Waals surface area contributed by atoms with Crippen molar-refractivity contribution in [3.8, 4) is 0 Å². The minimum Gasteiger partial charge on any atom is -0.354 e. The molecular weight excluding hydrogens is 220 g/mol. The molecule has 0 unspecified atom stereocenters. The highest BCUT2D eigenvalue weighted by Gasteiger charge is 2.23. The van der Waals surface area contributed by atoms with E-state index in [1.165, 1.54) is 6.33 Å². The van der Waals surface area contributed by atoms with Crippen LogP contribution in [0.25, 0.3) is 0 Å². The quantitative estimate of drug-likeness (QED) is 0.449. The van der Waals surface area contributed by atoms with E-state index in [1.54, 1.807) is 11.9 Å². The first-order valence-electron chi connectivity index (χ1n) is 4.44. The average Bonchev–Trinajstić information content (AvgIpc) is 2.17. The van der Waals surface area contributed by atoms with Crippen molar-refractivity contribution in [2.45, 2.75) is 13.3 Å². The van der Waals surface area contributed by atoms with E-state index in [2.05, 4.69) is 9.97 Å². The number of hydrogen-bond acceptors (Lipinski definition) is 5. The van der Waals surface area contributed by atoms with Gasteiger partial charge in [0.15, 0.2) is 0 Å². The van der Waals surface area contributed by atoms with Gasteiger partial charge < -0.3 is 4.90 Å². The Morgan fingerprint density at radius 3 is 2.80 bits per heavy atom. The van der Waals surface area contributed by atoms with E-state index in [1.807, 2.05) is 6.92 Å². The fourth-order valence-corrected chi connectivity index (χ4v) is 1.42. The second-order valence-electron chi connectivity index (χ2n) is 3.02. The fraction of sp³-hybridized carbons (Fsp3) is 0.500. The third-order valence-corrected chi connectivity index (χ3v) is 2.14. The predicted molar refractivity (Wildman–Crippen MR) is 57.3 cm³/mol. The average molecular weight is 231 g/mol. The normalized spacial score (nSPS) is 10.1. The summed E-state index contributed by atoms with van der Waals surface area (Å²) in [6.07, 6.45) is 2.09. The van der Waals surface area contributed by atoms with Crippen molar-refractivity contribution in [1.29, 1.82) is 0 Å². The van der Waals surface area contributed by atoms with Gasteiger partial charge in [-0.1, -0.05) is 18.5 Å². The molecule has 0 radical (unpaired) electrons. The van der Waals surface area contributed by atoms with E-state index < -0.39 is 4.92 Å². The number of aromatic nitrogens is 2. The first-order chi connectivity index (χ1) is 7.07. The Labute approximate surface area is 92.0 Å². The molecule has 15 heavy (non-hydrogen) atoms. The summed E-state index contributed by atoms with van der Waals surface area (Å²) in [6.45, 7) is 2.65. The Bertz CT molecular complexity index is 372. The van der Waals surface area contributed by atoms with Crippen molar-refractivity contribution < 1.29 is 4.92 Å². The summed E-state index contributed by atoms with van der Waals surface area (Å²) in [5, 5.41) is 10.6. The molecule has 0 aliphatic heterocycles.